The highest BCUT2D eigenvalue weighted by Crippen LogP contribution is 2.25. The van der Waals surface area contributed by atoms with Gasteiger partial charge in [0.25, 0.3) is 0 Å². The Morgan fingerprint density at radius 2 is 1.67 bits per heavy atom. The Labute approximate surface area is 145 Å². The summed E-state index contributed by atoms with van der Waals surface area (Å²) in [7, 11) is 0. The van der Waals surface area contributed by atoms with Crippen LogP contribution in [0.4, 0.5) is 5.69 Å². The number of hydrogen-bond acceptors (Lipinski definition) is 4. The second kappa shape index (κ2) is 7.75. The molecule has 5 heteroatoms. The van der Waals surface area contributed by atoms with Gasteiger partial charge in [0, 0.05) is 11.3 Å². The Hall–Kier alpha value is -2.66. The summed E-state index contributed by atoms with van der Waals surface area (Å²) in [5, 5.41) is 3.42. The van der Waals surface area contributed by atoms with Gasteiger partial charge in [-0.05, 0) is 25.1 Å². The summed E-state index contributed by atoms with van der Waals surface area (Å²) in [4.78, 5) is 20.9. The van der Waals surface area contributed by atoms with Gasteiger partial charge in [-0.1, -0.05) is 60.3 Å². The molecule has 0 unspecified atom stereocenters. The fraction of sp³-hybridized carbons (Fsp3) is 0.105. The Balaban J connectivity index is 1.68. The second-order valence-corrected chi connectivity index (χ2v) is 6.58. The van der Waals surface area contributed by atoms with E-state index < -0.39 is 0 Å². The van der Waals surface area contributed by atoms with Crippen LogP contribution in [0.3, 0.4) is 0 Å². The molecule has 120 valence electrons. The summed E-state index contributed by atoms with van der Waals surface area (Å²) in [5.74, 6) is -0.0499. The van der Waals surface area contributed by atoms with Crippen molar-refractivity contribution >= 4 is 23.4 Å². The maximum Gasteiger partial charge on any atom is 0.237 e. The summed E-state index contributed by atoms with van der Waals surface area (Å²) in [5.41, 5.74) is 2.68. The third kappa shape index (κ3) is 4.20. The van der Waals surface area contributed by atoms with Crippen molar-refractivity contribution in [3.05, 3.63) is 73.1 Å². The molecule has 0 aliphatic heterocycles. The lowest BCUT2D eigenvalue weighted by atomic mass is 10.1. The molecule has 0 saturated heterocycles. The van der Waals surface area contributed by atoms with Crippen LogP contribution in [-0.2, 0) is 4.79 Å². The molecule has 0 spiro atoms. The number of aromatic nitrogens is 2. The second-order valence-electron chi connectivity index (χ2n) is 5.22. The van der Waals surface area contributed by atoms with Crippen molar-refractivity contribution in [2.75, 3.05) is 5.32 Å². The van der Waals surface area contributed by atoms with Crippen molar-refractivity contribution in [2.24, 2.45) is 0 Å². The van der Waals surface area contributed by atoms with Crippen LogP contribution in [0.25, 0.3) is 11.3 Å². The normalized spacial score (nSPS) is 11.7. The molecule has 3 aromatic rings. The highest BCUT2D eigenvalue weighted by molar-refractivity contribution is 8.00. The standard InChI is InChI=1S/C19H17N3OS/c1-14(19(23)22-16-10-6-3-7-11-16)24-18-12-17(20-13-21-18)15-8-4-2-5-9-15/h2-14H,1H3,(H,22,23)/t14-/m0/s1. The first-order valence-corrected chi connectivity index (χ1v) is 8.50. The minimum absolute atomic E-state index is 0.0499. The molecule has 4 nitrogen and oxygen atoms in total. The fourth-order valence-corrected chi connectivity index (χ4v) is 2.99. The van der Waals surface area contributed by atoms with Crippen LogP contribution in [-0.4, -0.2) is 21.1 Å². The first-order chi connectivity index (χ1) is 11.7. The quantitative estimate of drug-likeness (QED) is 0.559. The summed E-state index contributed by atoms with van der Waals surface area (Å²) in [6.07, 6.45) is 1.53. The van der Waals surface area contributed by atoms with Crippen molar-refractivity contribution in [2.45, 2.75) is 17.2 Å². The average Bonchev–Trinajstić information content (AvgIpc) is 2.63. The highest BCUT2D eigenvalue weighted by Gasteiger charge is 2.15. The lowest BCUT2D eigenvalue weighted by Crippen LogP contribution is -2.22. The van der Waals surface area contributed by atoms with Crippen LogP contribution in [0.2, 0.25) is 0 Å². The first-order valence-electron chi connectivity index (χ1n) is 7.62. The molecule has 24 heavy (non-hydrogen) atoms. The molecule has 2 aromatic carbocycles. The molecule has 0 radical (unpaired) electrons. The number of nitrogens with one attached hydrogen (secondary N) is 1. The molecule has 0 saturated carbocycles. The van der Waals surface area contributed by atoms with Crippen molar-refractivity contribution in [3.63, 3.8) is 0 Å². The summed E-state index contributed by atoms with van der Waals surface area (Å²) < 4.78 is 0. The molecule has 1 aromatic heterocycles. The van der Waals surface area contributed by atoms with E-state index in [-0.39, 0.29) is 11.2 Å². The number of carbonyl (C=O) groups is 1. The molecule has 1 N–H and O–H groups in total. The Kier molecular flexibility index (Phi) is 5.23. The summed E-state index contributed by atoms with van der Waals surface area (Å²) in [6, 6.07) is 21.3. The van der Waals surface area contributed by atoms with Gasteiger partial charge >= 0.3 is 0 Å². The maximum absolute atomic E-state index is 12.3. The van der Waals surface area contributed by atoms with Gasteiger partial charge in [0.15, 0.2) is 0 Å². The van der Waals surface area contributed by atoms with Gasteiger partial charge in [0.2, 0.25) is 5.91 Å². The van der Waals surface area contributed by atoms with E-state index in [0.717, 1.165) is 22.0 Å². The predicted octanol–water partition coefficient (Wildman–Crippen LogP) is 4.26. The van der Waals surface area contributed by atoms with E-state index in [9.17, 15) is 4.79 Å². The number of para-hydroxylation sites is 1. The Morgan fingerprint density at radius 1 is 1.00 bits per heavy atom. The van der Waals surface area contributed by atoms with Crippen molar-refractivity contribution < 1.29 is 4.79 Å². The molecule has 0 fully saturated rings. The van der Waals surface area contributed by atoms with E-state index in [1.165, 1.54) is 18.1 Å². The third-order valence-corrected chi connectivity index (χ3v) is 4.45. The SMILES string of the molecule is C[C@H](Sc1cc(-c2ccccc2)ncn1)C(=O)Nc1ccccc1. The van der Waals surface area contributed by atoms with Crippen LogP contribution in [0.15, 0.2) is 78.1 Å². The highest BCUT2D eigenvalue weighted by atomic mass is 32.2. The fourth-order valence-electron chi connectivity index (χ4n) is 2.17. The molecule has 3 rings (SSSR count). The van der Waals surface area contributed by atoms with Crippen LogP contribution in [0, 0.1) is 0 Å². The first kappa shape index (κ1) is 16.2. The predicted molar refractivity (Wildman–Crippen MR) is 97.9 cm³/mol. The Bertz CT molecular complexity index is 809. The van der Waals surface area contributed by atoms with Crippen LogP contribution < -0.4 is 5.32 Å². The zero-order valence-corrected chi connectivity index (χ0v) is 14.0. The number of hydrogen-bond donors (Lipinski definition) is 1. The minimum atomic E-state index is -0.260. The molecule has 1 atom stereocenters. The van der Waals surface area contributed by atoms with E-state index in [4.69, 9.17) is 0 Å². The molecule has 0 bridgehead atoms. The van der Waals surface area contributed by atoms with Gasteiger partial charge in [-0.3, -0.25) is 4.79 Å². The van der Waals surface area contributed by atoms with E-state index >= 15 is 0 Å². The van der Waals surface area contributed by atoms with Crippen LogP contribution in [0.1, 0.15) is 6.92 Å². The molecule has 1 heterocycles. The lowest BCUT2D eigenvalue weighted by molar-refractivity contribution is -0.115. The number of anilines is 1. The summed E-state index contributed by atoms with van der Waals surface area (Å²) >= 11 is 1.42. The van der Waals surface area contributed by atoms with E-state index in [2.05, 4.69) is 15.3 Å². The number of rotatable bonds is 5. The maximum atomic E-state index is 12.3. The number of benzene rings is 2. The number of amides is 1. The van der Waals surface area contributed by atoms with Crippen molar-refractivity contribution in [1.29, 1.82) is 0 Å². The molecular formula is C19H17N3OS. The zero-order valence-electron chi connectivity index (χ0n) is 13.2. The lowest BCUT2D eigenvalue weighted by Gasteiger charge is -2.12. The molecule has 1 amide bonds. The van der Waals surface area contributed by atoms with Gasteiger partial charge in [-0.25, -0.2) is 9.97 Å². The largest absolute Gasteiger partial charge is 0.325 e. The molecule has 0 aliphatic carbocycles. The van der Waals surface area contributed by atoms with Gasteiger partial charge in [-0.15, -0.1) is 0 Å². The molecular weight excluding hydrogens is 318 g/mol. The van der Waals surface area contributed by atoms with Crippen LogP contribution in [0.5, 0.6) is 0 Å². The van der Waals surface area contributed by atoms with Crippen LogP contribution >= 0.6 is 11.8 Å². The van der Waals surface area contributed by atoms with Crippen molar-refractivity contribution in [1.82, 2.24) is 9.97 Å². The summed E-state index contributed by atoms with van der Waals surface area (Å²) in [6.45, 7) is 1.87. The Morgan fingerprint density at radius 3 is 2.38 bits per heavy atom. The van der Waals surface area contributed by atoms with Gasteiger partial charge in [-0.2, -0.15) is 0 Å². The third-order valence-electron chi connectivity index (χ3n) is 3.42. The van der Waals surface area contributed by atoms with E-state index in [1.54, 1.807) is 0 Å². The van der Waals surface area contributed by atoms with Gasteiger partial charge in [0.05, 0.1) is 10.9 Å². The van der Waals surface area contributed by atoms with Crippen molar-refractivity contribution in [3.8, 4) is 11.3 Å². The minimum Gasteiger partial charge on any atom is -0.325 e. The molecule has 0 aliphatic rings. The van der Waals surface area contributed by atoms with Gasteiger partial charge < -0.3 is 5.32 Å². The topological polar surface area (TPSA) is 54.9 Å². The monoisotopic (exact) mass is 335 g/mol. The smallest absolute Gasteiger partial charge is 0.237 e. The number of thioether (sulfide) groups is 1. The van der Waals surface area contributed by atoms with Gasteiger partial charge in [0.1, 0.15) is 11.4 Å². The van der Waals surface area contributed by atoms with E-state index in [0.29, 0.717) is 0 Å². The average molecular weight is 335 g/mol. The number of nitrogens with zero attached hydrogens (tertiary/aromatic N) is 2. The number of carbonyl (C=O) groups excluding carboxylic acids is 1. The van der Waals surface area contributed by atoms with E-state index in [1.807, 2.05) is 73.7 Å². The zero-order chi connectivity index (χ0) is 16.8.